The van der Waals surface area contributed by atoms with E-state index in [9.17, 15) is 9.90 Å². The van der Waals surface area contributed by atoms with Crippen molar-refractivity contribution in [2.45, 2.75) is 64.1 Å². The van der Waals surface area contributed by atoms with Gasteiger partial charge in [0.1, 0.15) is 11.9 Å². The summed E-state index contributed by atoms with van der Waals surface area (Å²) in [6, 6.07) is -1.17. The fourth-order valence-corrected chi connectivity index (χ4v) is 3.43. The maximum Gasteiger partial charge on any atom is 0.326 e. The lowest BCUT2D eigenvalue weighted by molar-refractivity contribution is -0.142. The monoisotopic (exact) mass is 291 g/mol. The Bertz CT molecular complexity index is 496. The summed E-state index contributed by atoms with van der Waals surface area (Å²) in [6.45, 7) is 3.89. The Morgan fingerprint density at radius 2 is 2.14 bits per heavy atom. The first-order chi connectivity index (χ1) is 10.0. The lowest BCUT2D eigenvalue weighted by Gasteiger charge is -2.38. The molecule has 0 spiro atoms. The smallest absolute Gasteiger partial charge is 0.326 e. The normalized spacial score (nSPS) is 27.4. The van der Waals surface area contributed by atoms with E-state index in [1.54, 1.807) is 4.90 Å². The Hall–Kier alpha value is -1.62. The molecule has 1 aliphatic heterocycles. The van der Waals surface area contributed by atoms with Gasteiger partial charge in [-0.05, 0) is 43.3 Å². The minimum absolute atomic E-state index is 0.0568. The summed E-state index contributed by atoms with van der Waals surface area (Å²) >= 11 is 0. The number of likely N-dealkylation sites (tertiary alicyclic amines) is 1. The average Bonchev–Trinajstić information content (AvgIpc) is 2.56. The van der Waals surface area contributed by atoms with Gasteiger partial charge in [-0.25, -0.2) is 4.79 Å². The number of fused-ring (bicyclic) bond motifs is 1. The second kappa shape index (κ2) is 6.43. The van der Waals surface area contributed by atoms with Gasteiger partial charge in [0.2, 0.25) is 0 Å². The minimum atomic E-state index is -0.878. The lowest BCUT2D eigenvalue weighted by atomic mass is 9.88. The minimum Gasteiger partial charge on any atom is -0.480 e. The number of carbonyl (C=O) groups is 1. The van der Waals surface area contributed by atoms with Crippen molar-refractivity contribution in [3.63, 3.8) is 0 Å². The topological polar surface area (TPSA) is 90.4 Å². The van der Waals surface area contributed by atoms with Gasteiger partial charge >= 0.3 is 5.97 Å². The predicted molar refractivity (Wildman–Crippen MR) is 83.4 cm³/mol. The number of nitrogens with one attached hydrogen (secondary N) is 1. The molecule has 21 heavy (non-hydrogen) atoms. The van der Waals surface area contributed by atoms with Gasteiger partial charge < -0.3 is 15.7 Å². The molecule has 0 aromatic rings. The van der Waals surface area contributed by atoms with Crippen molar-refractivity contribution in [1.82, 2.24) is 4.90 Å². The lowest BCUT2D eigenvalue weighted by Crippen LogP contribution is -2.54. The van der Waals surface area contributed by atoms with Crippen molar-refractivity contribution in [2.24, 2.45) is 5.73 Å². The van der Waals surface area contributed by atoms with Gasteiger partial charge in [0.05, 0.1) is 12.1 Å². The Balaban J connectivity index is 2.49. The highest BCUT2D eigenvalue weighted by Crippen LogP contribution is 2.34. The maximum absolute atomic E-state index is 11.6. The van der Waals surface area contributed by atoms with Gasteiger partial charge in [0.15, 0.2) is 0 Å². The van der Waals surface area contributed by atoms with Crippen molar-refractivity contribution in [1.29, 1.82) is 5.41 Å². The zero-order chi connectivity index (χ0) is 15.6. The number of allylic oxidation sites excluding steroid dienone is 2. The molecule has 0 saturated carbocycles. The summed E-state index contributed by atoms with van der Waals surface area (Å²) in [6.07, 6.45) is 8.27. The van der Waals surface area contributed by atoms with E-state index in [-0.39, 0.29) is 11.9 Å². The number of hydrogen-bond donors (Lipinski definition) is 3. The summed E-state index contributed by atoms with van der Waals surface area (Å²) in [5.41, 5.74) is 8.54. The quantitative estimate of drug-likeness (QED) is 0.741. The van der Waals surface area contributed by atoms with Crippen LogP contribution in [0, 0.1) is 5.41 Å². The molecule has 4 N–H and O–H groups in total. The molecule has 1 fully saturated rings. The van der Waals surface area contributed by atoms with E-state index in [1.807, 2.05) is 13.8 Å². The van der Waals surface area contributed by atoms with Gasteiger partial charge in [-0.2, -0.15) is 0 Å². The van der Waals surface area contributed by atoms with Crippen LogP contribution in [-0.4, -0.2) is 39.9 Å². The molecule has 0 aromatic heterocycles. The van der Waals surface area contributed by atoms with Crippen LogP contribution in [0.1, 0.15) is 46.0 Å². The van der Waals surface area contributed by atoms with Gasteiger partial charge in [-0.1, -0.05) is 26.0 Å². The first-order valence-electron chi connectivity index (χ1n) is 7.75. The molecule has 5 nitrogen and oxygen atoms in total. The number of aliphatic carboxylic acids is 1. The van der Waals surface area contributed by atoms with Crippen LogP contribution in [0.15, 0.2) is 23.3 Å². The molecule has 0 amide bonds. The second-order valence-corrected chi connectivity index (χ2v) is 5.76. The van der Waals surface area contributed by atoms with E-state index in [0.29, 0.717) is 12.8 Å². The molecule has 0 aromatic carbocycles. The molecule has 0 bridgehead atoms. The second-order valence-electron chi connectivity index (χ2n) is 5.76. The molecule has 1 heterocycles. The Morgan fingerprint density at radius 1 is 1.48 bits per heavy atom. The largest absolute Gasteiger partial charge is 0.480 e. The van der Waals surface area contributed by atoms with Crippen LogP contribution in [0.2, 0.25) is 0 Å². The fourth-order valence-electron chi connectivity index (χ4n) is 3.43. The number of rotatable bonds is 4. The van der Waals surface area contributed by atoms with Crippen LogP contribution in [0.5, 0.6) is 0 Å². The average molecular weight is 291 g/mol. The maximum atomic E-state index is 11.6. The molecule has 116 valence electrons. The van der Waals surface area contributed by atoms with Crippen molar-refractivity contribution in [2.75, 3.05) is 0 Å². The number of hydrogen-bond acceptors (Lipinski definition) is 3. The van der Waals surface area contributed by atoms with Crippen LogP contribution in [0.3, 0.4) is 0 Å². The van der Waals surface area contributed by atoms with Crippen LogP contribution < -0.4 is 5.73 Å². The number of nitrogens with zero attached hydrogens (tertiary/aromatic N) is 1. The summed E-state index contributed by atoms with van der Waals surface area (Å²) in [5.74, 6) is -0.621. The van der Waals surface area contributed by atoms with E-state index in [1.165, 1.54) is 11.1 Å². The predicted octanol–water partition coefficient (Wildman–Crippen LogP) is 2.29. The molecule has 1 saturated heterocycles. The zero-order valence-electron chi connectivity index (χ0n) is 12.8. The SMILES string of the molecule is CCC(C(=O)O)N1C(=N)C(N)CC2=CCCC=C2C1CC. The van der Waals surface area contributed by atoms with Crippen molar-refractivity contribution < 1.29 is 9.90 Å². The van der Waals surface area contributed by atoms with Crippen LogP contribution in [-0.2, 0) is 4.79 Å². The molecule has 2 aliphatic rings. The number of carboxylic acid groups (broad SMARTS) is 1. The molecule has 1 aliphatic carbocycles. The molecular weight excluding hydrogens is 266 g/mol. The third-order valence-corrected chi connectivity index (χ3v) is 4.45. The van der Waals surface area contributed by atoms with E-state index < -0.39 is 18.1 Å². The third kappa shape index (κ3) is 2.88. The number of nitrogens with two attached hydrogens (primary N) is 1. The molecule has 0 radical (unpaired) electrons. The van der Waals surface area contributed by atoms with Gasteiger partial charge in [0, 0.05) is 0 Å². The van der Waals surface area contributed by atoms with E-state index in [0.717, 1.165) is 19.3 Å². The van der Waals surface area contributed by atoms with Crippen LogP contribution in [0.25, 0.3) is 0 Å². The fraction of sp³-hybridized carbons (Fsp3) is 0.625. The zero-order valence-corrected chi connectivity index (χ0v) is 12.8. The van der Waals surface area contributed by atoms with Crippen LogP contribution >= 0.6 is 0 Å². The van der Waals surface area contributed by atoms with E-state index in [2.05, 4.69) is 12.2 Å². The highest BCUT2D eigenvalue weighted by molar-refractivity contribution is 5.90. The summed E-state index contributed by atoms with van der Waals surface area (Å²) in [5, 5.41) is 17.9. The molecular formula is C16H25N3O2. The van der Waals surface area contributed by atoms with Gasteiger partial charge in [0.25, 0.3) is 0 Å². The molecule has 3 unspecified atom stereocenters. The van der Waals surface area contributed by atoms with Gasteiger partial charge in [-0.15, -0.1) is 0 Å². The first-order valence-corrected chi connectivity index (χ1v) is 7.75. The van der Waals surface area contributed by atoms with E-state index >= 15 is 0 Å². The molecule has 2 rings (SSSR count). The molecule has 3 atom stereocenters. The first kappa shape index (κ1) is 15.8. The van der Waals surface area contributed by atoms with E-state index in [4.69, 9.17) is 11.1 Å². The van der Waals surface area contributed by atoms with Crippen molar-refractivity contribution >= 4 is 11.8 Å². The molecule has 5 heteroatoms. The standard InChI is InChI=1S/C16H25N3O2/c1-3-13-11-8-6-5-7-10(11)9-12(17)15(18)19(13)14(4-2)16(20)21/h7-8,12-14,18H,3-6,9,17H2,1-2H3,(H,20,21). The highest BCUT2D eigenvalue weighted by Gasteiger charge is 2.39. The highest BCUT2D eigenvalue weighted by atomic mass is 16.4. The Labute approximate surface area is 126 Å². The summed E-state index contributed by atoms with van der Waals surface area (Å²) in [4.78, 5) is 13.3. The third-order valence-electron chi connectivity index (χ3n) is 4.45. The summed E-state index contributed by atoms with van der Waals surface area (Å²) < 4.78 is 0. The van der Waals surface area contributed by atoms with Crippen LogP contribution in [0.4, 0.5) is 0 Å². The number of amidine groups is 1. The van der Waals surface area contributed by atoms with Crippen molar-refractivity contribution in [3.05, 3.63) is 23.3 Å². The Kier molecular flexibility index (Phi) is 4.83. The number of carboxylic acids is 1. The Morgan fingerprint density at radius 3 is 2.71 bits per heavy atom. The van der Waals surface area contributed by atoms with Gasteiger partial charge in [-0.3, -0.25) is 5.41 Å². The van der Waals surface area contributed by atoms with Crippen molar-refractivity contribution in [3.8, 4) is 0 Å². The summed E-state index contributed by atoms with van der Waals surface area (Å²) in [7, 11) is 0.